The number of rotatable bonds is 7. The van der Waals surface area contributed by atoms with Gasteiger partial charge in [0, 0.05) is 31.1 Å². The standard InChI is InChI=1S/C19H26N4O3/c1-12(3-2-8-20)21-10-13-4-5-14-11-23(19(26)15(14)9-13)16-6-7-17(24)22-18(16)25/h4-5,9,12,16,21H,2-3,6-8,10-11,20H2,1H3,(H,22,24,25). The minimum absolute atomic E-state index is 0.132. The molecule has 1 fully saturated rings. The first-order chi connectivity index (χ1) is 12.5. The Kier molecular flexibility index (Phi) is 5.68. The summed E-state index contributed by atoms with van der Waals surface area (Å²) in [5.74, 6) is -0.780. The molecule has 7 nitrogen and oxygen atoms in total. The molecule has 0 saturated carbocycles. The highest BCUT2D eigenvalue weighted by Crippen LogP contribution is 2.28. The van der Waals surface area contributed by atoms with Crippen LogP contribution in [-0.4, -0.2) is 41.2 Å². The van der Waals surface area contributed by atoms with Crippen LogP contribution >= 0.6 is 0 Å². The van der Waals surface area contributed by atoms with Crippen molar-refractivity contribution < 1.29 is 14.4 Å². The first-order valence-electron chi connectivity index (χ1n) is 9.19. The Morgan fingerprint density at radius 3 is 2.88 bits per heavy atom. The third-order valence-electron chi connectivity index (χ3n) is 5.09. The van der Waals surface area contributed by atoms with Crippen LogP contribution in [-0.2, 0) is 22.7 Å². The SMILES string of the molecule is CC(CCCN)NCc1ccc2c(c1)C(=O)N(C1CCC(=O)NC1=O)C2. The van der Waals surface area contributed by atoms with E-state index in [0.717, 1.165) is 24.0 Å². The lowest BCUT2D eigenvalue weighted by Crippen LogP contribution is -2.52. The van der Waals surface area contributed by atoms with Crippen molar-refractivity contribution in [2.45, 2.75) is 57.8 Å². The second-order valence-corrected chi connectivity index (χ2v) is 7.10. The van der Waals surface area contributed by atoms with Gasteiger partial charge in [-0.05, 0) is 49.9 Å². The zero-order valence-corrected chi connectivity index (χ0v) is 15.1. The lowest BCUT2D eigenvalue weighted by Gasteiger charge is -2.29. The molecule has 0 aromatic heterocycles. The Hall–Kier alpha value is -2.25. The topological polar surface area (TPSA) is 105 Å². The van der Waals surface area contributed by atoms with Crippen LogP contribution in [0.15, 0.2) is 18.2 Å². The number of carbonyl (C=O) groups is 3. The van der Waals surface area contributed by atoms with Gasteiger partial charge in [-0.2, -0.15) is 0 Å². The molecule has 2 heterocycles. The number of hydrogen-bond acceptors (Lipinski definition) is 5. The Morgan fingerprint density at radius 2 is 2.15 bits per heavy atom. The zero-order valence-electron chi connectivity index (χ0n) is 15.1. The van der Waals surface area contributed by atoms with Gasteiger partial charge in [0.15, 0.2) is 0 Å². The van der Waals surface area contributed by atoms with Gasteiger partial charge in [-0.3, -0.25) is 19.7 Å². The molecule has 1 aromatic rings. The van der Waals surface area contributed by atoms with Gasteiger partial charge in [0.05, 0.1) is 0 Å². The summed E-state index contributed by atoms with van der Waals surface area (Å²) in [5.41, 5.74) is 8.17. The third-order valence-corrected chi connectivity index (χ3v) is 5.09. The summed E-state index contributed by atoms with van der Waals surface area (Å²) in [5, 5.41) is 5.77. The van der Waals surface area contributed by atoms with E-state index >= 15 is 0 Å². The molecule has 0 bridgehead atoms. The molecule has 3 rings (SSSR count). The van der Waals surface area contributed by atoms with Crippen LogP contribution in [0.2, 0.25) is 0 Å². The van der Waals surface area contributed by atoms with Crippen molar-refractivity contribution >= 4 is 17.7 Å². The van der Waals surface area contributed by atoms with Crippen molar-refractivity contribution in [1.29, 1.82) is 0 Å². The van der Waals surface area contributed by atoms with Crippen molar-refractivity contribution in [2.24, 2.45) is 5.73 Å². The number of hydrogen-bond donors (Lipinski definition) is 3. The predicted octanol–water partition coefficient (Wildman–Crippen LogP) is 0.665. The van der Waals surface area contributed by atoms with Gasteiger partial charge in [0.25, 0.3) is 5.91 Å². The minimum Gasteiger partial charge on any atom is -0.330 e. The fraction of sp³-hybridized carbons (Fsp3) is 0.526. The van der Waals surface area contributed by atoms with E-state index in [1.54, 1.807) is 4.90 Å². The molecular formula is C19H26N4O3. The van der Waals surface area contributed by atoms with Crippen molar-refractivity contribution in [3.05, 3.63) is 34.9 Å². The highest BCUT2D eigenvalue weighted by Gasteiger charge is 2.39. The molecule has 140 valence electrons. The van der Waals surface area contributed by atoms with Crippen molar-refractivity contribution in [3.8, 4) is 0 Å². The summed E-state index contributed by atoms with van der Waals surface area (Å²) in [4.78, 5) is 37.8. The van der Waals surface area contributed by atoms with Crippen LogP contribution in [0.4, 0.5) is 0 Å². The fourth-order valence-electron chi connectivity index (χ4n) is 3.53. The second kappa shape index (κ2) is 7.97. The fourth-order valence-corrected chi connectivity index (χ4v) is 3.53. The van der Waals surface area contributed by atoms with Gasteiger partial charge in [-0.1, -0.05) is 12.1 Å². The van der Waals surface area contributed by atoms with Crippen molar-refractivity contribution in [3.63, 3.8) is 0 Å². The van der Waals surface area contributed by atoms with E-state index in [2.05, 4.69) is 17.6 Å². The van der Waals surface area contributed by atoms with Gasteiger partial charge in [0.1, 0.15) is 6.04 Å². The number of nitrogens with one attached hydrogen (secondary N) is 2. The summed E-state index contributed by atoms with van der Waals surface area (Å²) >= 11 is 0. The molecule has 2 atom stereocenters. The molecule has 26 heavy (non-hydrogen) atoms. The average Bonchev–Trinajstić information content (AvgIpc) is 2.94. The van der Waals surface area contributed by atoms with E-state index in [0.29, 0.717) is 37.7 Å². The molecule has 2 aliphatic rings. The number of amides is 3. The molecule has 0 aliphatic carbocycles. The first-order valence-corrected chi connectivity index (χ1v) is 9.19. The van der Waals surface area contributed by atoms with Gasteiger partial charge >= 0.3 is 0 Å². The second-order valence-electron chi connectivity index (χ2n) is 7.10. The van der Waals surface area contributed by atoms with E-state index in [1.165, 1.54) is 0 Å². The molecular weight excluding hydrogens is 332 g/mol. The molecule has 0 spiro atoms. The number of benzene rings is 1. The molecule has 3 amide bonds. The highest BCUT2D eigenvalue weighted by molar-refractivity contribution is 6.05. The normalized spacial score (nSPS) is 20.9. The van der Waals surface area contributed by atoms with E-state index in [4.69, 9.17) is 5.73 Å². The van der Waals surface area contributed by atoms with E-state index in [9.17, 15) is 14.4 Å². The smallest absolute Gasteiger partial charge is 0.255 e. The summed E-state index contributed by atoms with van der Waals surface area (Å²) in [6.07, 6.45) is 2.66. The number of carbonyl (C=O) groups excluding carboxylic acids is 3. The number of nitrogens with zero attached hydrogens (tertiary/aromatic N) is 1. The third kappa shape index (κ3) is 3.94. The summed E-state index contributed by atoms with van der Waals surface area (Å²) < 4.78 is 0. The summed E-state index contributed by atoms with van der Waals surface area (Å²) in [6, 6.07) is 5.68. The maximum atomic E-state index is 12.8. The minimum atomic E-state index is -0.564. The van der Waals surface area contributed by atoms with Crippen LogP contribution in [0.5, 0.6) is 0 Å². The molecule has 2 aliphatic heterocycles. The van der Waals surface area contributed by atoms with Crippen molar-refractivity contribution in [2.75, 3.05) is 6.54 Å². The summed E-state index contributed by atoms with van der Waals surface area (Å²) in [7, 11) is 0. The zero-order chi connectivity index (χ0) is 18.7. The highest BCUT2D eigenvalue weighted by atomic mass is 16.2. The quantitative estimate of drug-likeness (QED) is 0.621. The van der Waals surface area contributed by atoms with E-state index < -0.39 is 6.04 Å². The first kappa shape index (κ1) is 18.5. The Bertz CT molecular complexity index is 719. The van der Waals surface area contributed by atoms with Gasteiger partial charge in [-0.15, -0.1) is 0 Å². The van der Waals surface area contributed by atoms with E-state index in [-0.39, 0.29) is 24.1 Å². The predicted molar refractivity (Wildman–Crippen MR) is 97.1 cm³/mol. The lowest BCUT2D eigenvalue weighted by atomic mass is 10.0. The van der Waals surface area contributed by atoms with Crippen LogP contribution in [0.25, 0.3) is 0 Å². The van der Waals surface area contributed by atoms with E-state index in [1.807, 2.05) is 18.2 Å². The molecule has 1 aromatic carbocycles. The van der Waals surface area contributed by atoms with Crippen LogP contribution in [0, 0.1) is 0 Å². The molecule has 0 radical (unpaired) electrons. The average molecular weight is 358 g/mol. The van der Waals surface area contributed by atoms with Crippen LogP contribution < -0.4 is 16.4 Å². The van der Waals surface area contributed by atoms with Crippen LogP contribution in [0.3, 0.4) is 0 Å². The van der Waals surface area contributed by atoms with Gasteiger partial charge in [-0.25, -0.2) is 0 Å². The molecule has 4 N–H and O–H groups in total. The number of fused-ring (bicyclic) bond motifs is 1. The summed E-state index contributed by atoms with van der Waals surface area (Å²) in [6.45, 7) is 3.92. The monoisotopic (exact) mass is 358 g/mol. The van der Waals surface area contributed by atoms with Gasteiger partial charge in [0.2, 0.25) is 11.8 Å². The molecule has 7 heteroatoms. The number of imide groups is 1. The lowest BCUT2D eigenvalue weighted by molar-refractivity contribution is -0.136. The Balaban J connectivity index is 1.65. The van der Waals surface area contributed by atoms with Crippen molar-refractivity contribution in [1.82, 2.24) is 15.5 Å². The molecule has 1 saturated heterocycles. The largest absolute Gasteiger partial charge is 0.330 e. The van der Waals surface area contributed by atoms with Gasteiger partial charge < -0.3 is 16.0 Å². The maximum absolute atomic E-state index is 12.8. The Morgan fingerprint density at radius 1 is 1.35 bits per heavy atom. The van der Waals surface area contributed by atoms with Crippen LogP contribution in [0.1, 0.15) is 54.1 Å². The maximum Gasteiger partial charge on any atom is 0.255 e. The number of piperidine rings is 1. The number of nitrogens with two attached hydrogens (primary N) is 1. The Labute approximate surface area is 153 Å². The molecule has 2 unspecified atom stereocenters.